The Morgan fingerprint density at radius 2 is 1.41 bits per heavy atom. The first kappa shape index (κ1) is 27.5. The Hall–Kier alpha value is -2.56. The van der Waals surface area contributed by atoms with E-state index >= 15 is 0 Å². The van der Waals surface area contributed by atoms with E-state index < -0.39 is 10.2 Å². The summed E-state index contributed by atoms with van der Waals surface area (Å²) >= 11 is 0. The van der Waals surface area contributed by atoms with Gasteiger partial charge >= 0.3 is 0 Å². The second-order valence-corrected chi connectivity index (χ2v) is 7.06. The predicted molar refractivity (Wildman–Crippen MR) is 112 cm³/mol. The summed E-state index contributed by atoms with van der Waals surface area (Å²) in [5.41, 5.74) is 4.42. The molecule has 0 saturated heterocycles. The van der Waals surface area contributed by atoms with Crippen LogP contribution in [0, 0.1) is 10.2 Å². The Kier molecular flexibility index (Phi) is 13.8. The average Bonchev–Trinajstić information content (AvgIpc) is 2.77. The summed E-state index contributed by atoms with van der Waals surface area (Å²) in [7, 11) is -1.53. The van der Waals surface area contributed by atoms with Crippen LogP contribution >= 0.6 is 0 Å². The van der Waals surface area contributed by atoms with E-state index in [9.17, 15) is 0 Å². The van der Waals surface area contributed by atoms with Crippen molar-refractivity contribution in [3.05, 3.63) is 90.0 Å². The maximum absolute atomic E-state index is 8.49. The Morgan fingerprint density at radius 1 is 0.875 bits per heavy atom. The van der Waals surface area contributed by atoms with Gasteiger partial charge in [0, 0.05) is 38.1 Å². The fourth-order valence-electron chi connectivity index (χ4n) is 2.57. The molecule has 0 radical (unpaired) electrons. The Morgan fingerprint density at radius 3 is 1.94 bits per heavy atom. The average molecular weight is 465 g/mol. The van der Waals surface area contributed by atoms with Crippen LogP contribution in [0.15, 0.2) is 78.9 Å². The molecule has 0 aromatic heterocycles. The van der Waals surface area contributed by atoms with Gasteiger partial charge in [-0.25, -0.2) is 23.6 Å². The molecule has 0 heterocycles. The van der Waals surface area contributed by atoms with Gasteiger partial charge in [-0.1, -0.05) is 54.6 Å². The van der Waals surface area contributed by atoms with E-state index in [1.54, 1.807) is 14.2 Å². The molecule has 0 amide bonds. The van der Waals surface area contributed by atoms with Crippen molar-refractivity contribution in [2.75, 3.05) is 40.5 Å². The van der Waals surface area contributed by atoms with Gasteiger partial charge in [0.2, 0.25) is 5.71 Å². The lowest BCUT2D eigenvalue weighted by Gasteiger charge is -2.17. The van der Waals surface area contributed by atoms with Crippen molar-refractivity contribution < 1.29 is 43.3 Å². The molecule has 9 heteroatoms. The van der Waals surface area contributed by atoms with Gasteiger partial charge < -0.3 is 14.8 Å². The third-order valence-electron chi connectivity index (χ3n) is 3.94. The van der Waals surface area contributed by atoms with E-state index in [4.69, 9.17) is 28.1 Å². The number of methoxy groups -OCH3 is 2. The summed E-state index contributed by atoms with van der Waals surface area (Å²) in [4.78, 5) is 3.44. The summed E-state index contributed by atoms with van der Waals surface area (Å²) in [6, 6.07) is 20.6. The molecule has 2 rings (SSSR count). The standard InChI is InChI=1S/C23H28N2O2.ClHO4/c1-26-18-16-24-22(20-10-5-3-6-11-20)14-9-15-23(25-17-19-27-2)21-12-7-4-8-13-21;2-1(3,4)5/h3-15,24H,16-19H2,1-2H3;(H,2,3,4,5)/b15-9+,22-14-,25-23?;. The summed E-state index contributed by atoms with van der Waals surface area (Å²) in [6.45, 7) is 2.83. The summed E-state index contributed by atoms with van der Waals surface area (Å²) in [5.74, 6) is 0. The first-order valence-corrected chi connectivity index (χ1v) is 11.0. The number of nitrogens with one attached hydrogen (secondary N) is 2. The van der Waals surface area contributed by atoms with Gasteiger partial charge in [-0.05, 0) is 23.8 Å². The van der Waals surface area contributed by atoms with Crippen molar-refractivity contribution in [1.29, 1.82) is 0 Å². The molecule has 0 bridgehead atoms. The van der Waals surface area contributed by atoms with E-state index in [-0.39, 0.29) is 0 Å². The van der Waals surface area contributed by atoms with Gasteiger partial charge in [-0.3, -0.25) is 0 Å². The third-order valence-corrected chi connectivity index (χ3v) is 3.94. The number of hydrogen-bond acceptors (Lipinski definition) is 7. The molecule has 2 aromatic rings. The maximum atomic E-state index is 8.49. The number of rotatable bonds is 11. The third kappa shape index (κ3) is 13.7. The normalized spacial score (nSPS) is 12.4. The molecule has 8 nitrogen and oxygen atoms in total. The van der Waals surface area contributed by atoms with Crippen molar-refractivity contribution >= 4 is 11.4 Å². The number of ether oxygens (including phenoxy) is 2. The van der Waals surface area contributed by atoms with Crippen LogP contribution in [0.5, 0.6) is 0 Å². The molecule has 32 heavy (non-hydrogen) atoms. The lowest BCUT2D eigenvalue weighted by Crippen LogP contribution is -2.74. The number of allylic oxidation sites excluding steroid dienone is 3. The quantitative estimate of drug-likeness (QED) is 0.209. The Labute approximate surface area is 190 Å². The predicted octanol–water partition coefficient (Wildman–Crippen LogP) is -2.72. The second kappa shape index (κ2) is 16.1. The van der Waals surface area contributed by atoms with Crippen LogP contribution < -0.4 is 28.9 Å². The van der Waals surface area contributed by atoms with Gasteiger partial charge in [-0.15, -0.1) is 10.2 Å². The highest BCUT2D eigenvalue weighted by molar-refractivity contribution is 6.04. The van der Waals surface area contributed by atoms with Crippen LogP contribution in [-0.2, 0) is 9.47 Å². The van der Waals surface area contributed by atoms with Crippen molar-refractivity contribution in [3.63, 3.8) is 0 Å². The van der Waals surface area contributed by atoms with Crippen LogP contribution in [0.25, 0.3) is 5.70 Å². The SMILES string of the molecule is COCCN/C(=C\C=C\C(=[NH+]CCOC)c1ccccc1)c1ccccc1.[O-][Cl+3]([O-])([O-])[O-]. The number of benzene rings is 2. The molecule has 0 unspecified atom stereocenters. The van der Waals surface area contributed by atoms with Crippen LogP contribution in [0.3, 0.4) is 0 Å². The molecule has 0 aliphatic heterocycles. The highest BCUT2D eigenvalue weighted by atomic mass is 35.7. The Balaban J connectivity index is 0.000000920. The summed E-state index contributed by atoms with van der Waals surface area (Å²) < 4.78 is 44.3. The lowest BCUT2D eigenvalue weighted by molar-refractivity contribution is -2.00. The number of hydrogen-bond donors (Lipinski definition) is 2. The highest BCUT2D eigenvalue weighted by Gasteiger charge is 2.05. The van der Waals surface area contributed by atoms with Gasteiger partial charge in [0.25, 0.3) is 0 Å². The van der Waals surface area contributed by atoms with Gasteiger partial charge in [0.15, 0.2) is 6.54 Å². The van der Waals surface area contributed by atoms with Crippen LogP contribution in [0.4, 0.5) is 0 Å². The minimum atomic E-state index is -4.94. The van der Waals surface area contributed by atoms with Gasteiger partial charge in [0.05, 0.1) is 6.61 Å². The zero-order valence-electron chi connectivity index (χ0n) is 18.2. The molecule has 0 fully saturated rings. The smallest absolute Gasteiger partial charge is 0.205 e. The molecule has 0 atom stereocenters. The summed E-state index contributed by atoms with van der Waals surface area (Å²) in [6.07, 6.45) is 6.24. The largest absolute Gasteiger partial charge is 0.383 e. The van der Waals surface area contributed by atoms with Crippen LogP contribution in [0.2, 0.25) is 0 Å². The Bertz CT molecular complexity index is 831. The second-order valence-electron chi connectivity index (χ2n) is 6.30. The topological polar surface area (TPSA) is 137 Å². The fourth-order valence-corrected chi connectivity index (χ4v) is 2.57. The van der Waals surface area contributed by atoms with Crippen molar-refractivity contribution in [2.45, 2.75) is 0 Å². The molecular formula is C23H29ClN2O6. The summed E-state index contributed by atoms with van der Waals surface area (Å²) in [5, 5.41) is 3.44. The maximum Gasteiger partial charge on any atom is 0.205 e. The lowest BCUT2D eigenvalue weighted by atomic mass is 10.1. The molecule has 174 valence electrons. The zero-order chi connectivity index (χ0) is 23.7. The van der Waals surface area contributed by atoms with E-state index in [2.05, 4.69) is 52.8 Å². The molecule has 0 spiro atoms. The van der Waals surface area contributed by atoms with Crippen molar-refractivity contribution in [1.82, 2.24) is 5.32 Å². The number of halogens is 1. The molecule has 2 aromatic carbocycles. The van der Waals surface area contributed by atoms with E-state index in [1.165, 1.54) is 0 Å². The van der Waals surface area contributed by atoms with Gasteiger partial charge in [-0.2, -0.15) is 0 Å². The minimum absolute atomic E-state index is 0.661. The monoisotopic (exact) mass is 464 g/mol. The van der Waals surface area contributed by atoms with Crippen molar-refractivity contribution in [2.24, 2.45) is 0 Å². The first-order valence-electron chi connectivity index (χ1n) is 9.78. The minimum Gasteiger partial charge on any atom is -0.383 e. The van der Waals surface area contributed by atoms with Gasteiger partial charge in [0.1, 0.15) is 6.61 Å². The molecular weight excluding hydrogens is 436 g/mol. The van der Waals surface area contributed by atoms with Crippen molar-refractivity contribution in [3.8, 4) is 0 Å². The first-order chi connectivity index (χ1) is 15.3. The highest BCUT2D eigenvalue weighted by Crippen LogP contribution is 2.11. The van der Waals surface area contributed by atoms with E-state index in [0.29, 0.717) is 13.2 Å². The fraction of sp³-hybridized carbons (Fsp3) is 0.261. The molecule has 0 saturated carbocycles. The molecule has 0 aliphatic carbocycles. The molecule has 2 N–H and O–H groups in total. The van der Waals surface area contributed by atoms with E-state index in [0.717, 1.165) is 35.6 Å². The van der Waals surface area contributed by atoms with Crippen LogP contribution in [-0.4, -0.2) is 46.2 Å². The van der Waals surface area contributed by atoms with E-state index in [1.807, 2.05) is 36.4 Å². The zero-order valence-corrected chi connectivity index (χ0v) is 18.9. The molecule has 0 aliphatic rings. The van der Waals surface area contributed by atoms with Crippen LogP contribution in [0.1, 0.15) is 11.1 Å².